The smallest absolute Gasteiger partial charge is 0.191 e. The molecule has 2 rings (SSSR count). The van der Waals surface area contributed by atoms with Gasteiger partial charge in [0.25, 0.3) is 0 Å². The fraction of sp³-hybridized carbons (Fsp3) is 0.167. The number of benzene rings is 1. The van der Waals surface area contributed by atoms with E-state index in [0.717, 1.165) is 5.56 Å². The Morgan fingerprint density at radius 2 is 1.89 bits per heavy atom. The highest BCUT2D eigenvalue weighted by atomic mass is 32.2. The lowest BCUT2D eigenvalue weighted by Gasteiger charge is -2.08. The molecule has 0 saturated heterocycles. The third kappa shape index (κ3) is 3.47. The zero-order chi connectivity index (χ0) is 13.8. The van der Waals surface area contributed by atoms with Crippen molar-refractivity contribution in [3.63, 3.8) is 0 Å². The van der Waals surface area contributed by atoms with Crippen LogP contribution in [0, 0.1) is 5.82 Å². The van der Waals surface area contributed by atoms with Gasteiger partial charge in [-0.15, -0.1) is 0 Å². The lowest BCUT2D eigenvalue weighted by atomic mass is 10.2. The Labute approximate surface area is 114 Å². The predicted octanol–water partition coefficient (Wildman–Crippen LogP) is 2.08. The second-order valence-electron chi connectivity index (χ2n) is 3.75. The van der Waals surface area contributed by atoms with Crippen molar-refractivity contribution in [3.05, 3.63) is 35.6 Å². The number of aromatic nitrogens is 2. The van der Waals surface area contributed by atoms with Crippen LogP contribution in [0.15, 0.2) is 29.4 Å². The van der Waals surface area contributed by atoms with E-state index >= 15 is 0 Å². The molecule has 100 valence electrons. The summed E-state index contributed by atoms with van der Waals surface area (Å²) in [6, 6.07) is 5.83. The number of methoxy groups -OCH3 is 1. The largest absolute Gasteiger partial charge is 0.496 e. The Morgan fingerprint density at radius 1 is 1.21 bits per heavy atom. The number of halogens is 1. The zero-order valence-electron chi connectivity index (χ0n) is 10.3. The van der Waals surface area contributed by atoms with Crippen LogP contribution in [0.4, 0.5) is 16.0 Å². The monoisotopic (exact) mass is 280 g/mol. The average molecular weight is 280 g/mol. The minimum absolute atomic E-state index is 0.307. The summed E-state index contributed by atoms with van der Waals surface area (Å²) in [5.41, 5.74) is 11.9. The van der Waals surface area contributed by atoms with Gasteiger partial charge >= 0.3 is 0 Å². The summed E-state index contributed by atoms with van der Waals surface area (Å²) < 4.78 is 18.4. The van der Waals surface area contributed by atoms with Gasteiger partial charge in [0, 0.05) is 17.4 Å². The molecule has 1 aromatic carbocycles. The highest BCUT2D eigenvalue weighted by Crippen LogP contribution is 2.27. The van der Waals surface area contributed by atoms with Gasteiger partial charge in [-0.3, -0.25) is 0 Å². The number of rotatable bonds is 4. The summed E-state index contributed by atoms with van der Waals surface area (Å²) in [5, 5.41) is 0.448. The Hall–Kier alpha value is -2.02. The van der Waals surface area contributed by atoms with Gasteiger partial charge in [0.2, 0.25) is 0 Å². The number of nitrogen functional groups attached to an aromatic ring is 2. The Bertz CT molecular complexity index is 574. The van der Waals surface area contributed by atoms with Gasteiger partial charge in [-0.2, -0.15) is 0 Å². The number of hydrogen-bond acceptors (Lipinski definition) is 6. The van der Waals surface area contributed by atoms with Crippen molar-refractivity contribution in [3.8, 4) is 5.75 Å². The molecule has 5 nitrogen and oxygen atoms in total. The molecule has 0 aliphatic carbocycles. The van der Waals surface area contributed by atoms with E-state index in [0.29, 0.717) is 28.3 Å². The zero-order valence-corrected chi connectivity index (χ0v) is 11.1. The summed E-state index contributed by atoms with van der Waals surface area (Å²) in [5.74, 6) is 1.38. The van der Waals surface area contributed by atoms with Crippen molar-refractivity contribution in [1.82, 2.24) is 9.97 Å². The lowest BCUT2D eigenvalue weighted by molar-refractivity contribution is 0.410. The van der Waals surface area contributed by atoms with Crippen molar-refractivity contribution in [1.29, 1.82) is 0 Å². The molecule has 0 fully saturated rings. The third-order valence-corrected chi connectivity index (χ3v) is 3.24. The van der Waals surface area contributed by atoms with E-state index in [9.17, 15) is 4.39 Å². The molecule has 0 spiro atoms. The standard InChI is InChI=1S/C12H13FN4OS/c1-18-9-3-2-8(13)4-7(9)6-19-12-16-10(14)5-11(15)17-12/h2-5H,6H2,1H3,(H4,14,15,16,17). The first-order chi connectivity index (χ1) is 9.08. The van der Waals surface area contributed by atoms with Crippen LogP contribution in [-0.4, -0.2) is 17.1 Å². The van der Waals surface area contributed by atoms with Gasteiger partial charge < -0.3 is 16.2 Å². The molecule has 0 bridgehead atoms. The second kappa shape index (κ2) is 5.75. The molecule has 2 aromatic rings. The van der Waals surface area contributed by atoms with Crippen molar-refractivity contribution in [2.24, 2.45) is 0 Å². The molecule has 0 aliphatic heterocycles. The first kappa shape index (κ1) is 13.4. The second-order valence-corrected chi connectivity index (χ2v) is 4.69. The van der Waals surface area contributed by atoms with Crippen molar-refractivity contribution in [2.45, 2.75) is 10.9 Å². The molecule has 0 aliphatic rings. The molecule has 4 N–H and O–H groups in total. The van der Waals surface area contributed by atoms with Crippen LogP contribution in [0.1, 0.15) is 5.56 Å². The van der Waals surface area contributed by atoms with Crippen LogP contribution in [0.25, 0.3) is 0 Å². The van der Waals surface area contributed by atoms with E-state index in [2.05, 4.69) is 9.97 Å². The van der Waals surface area contributed by atoms with E-state index in [1.54, 1.807) is 6.07 Å². The van der Waals surface area contributed by atoms with Crippen LogP contribution >= 0.6 is 11.8 Å². The van der Waals surface area contributed by atoms with Gasteiger partial charge in [-0.1, -0.05) is 11.8 Å². The highest BCUT2D eigenvalue weighted by Gasteiger charge is 2.07. The SMILES string of the molecule is COc1ccc(F)cc1CSc1nc(N)cc(N)n1. The van der Waals surface area contributed by atoms with E-state index in [4.69, 9.17) is 16.2 Å². The van der Waals surface area contributed by atoms with Crippen molar-refractivity contribution < 1.29 is 9.13 Å². The maximum atomic E-state index is 13.2. The Morgan fingerprint density at radius 3 is 2.53 bits per heavy atom. The molecular formula is C12H13FN4OS. The number of anilines is 2. The molecule has 0 radical (unpaired) electrons. The average Bonchev–Trinajstić information content (AvgIpc) is 2.35. The van der Waals surface area contributed by atoms with Gasteiger partial charge in [0.15, 0.2) is 5.16 Å². The molecule has 19 heavy (non-hydrogen) atoms. The quantitative estimate of drug-likeness (QED) is 0.658. The first-order valence-corrected chi connectivity index (χ1v) is 6.42. The minimum atomic E-state index is -0.315. The topological polar surface area (TPSA) is 87.0 Å². The number of nitrogens with two attached hydrogens (primary N) is 2. The maximum Gasteiger partial charge on any atom is 0.191 e. The van der Waals surface area contributed by atoms with E-state index in [-0.39, 0.29) is 5.82 Å². The lowest BCUT2D eigenvalue weighted by Crippen LogP contribution is -1.99. The fourth-order valence-electron chi connectivity index (χ4n) is 1.53. The number of nitrogens with zero attached hydrogens (tertiary/aromatic N) is 2. The molecule has 7 heteroatoms. The van der Waals surface area contributed by atoms with Crippen LogP contribution < -0.4 is 16.2 Å². The van der Waals surface area contributed by atoms with Gasteiger partial charge in [0.05, 0.1) is 7.11 Å². The molecule has 0 saturated carbocycles. The van der Waals surface area contributed by atoms with Gasteiger partial charge in [-0.25, -0.2) is 14.4 Å². The van der Waals surface area contributed by atoms with Gasteiger partial charge in [-0.05, 0) is 18.2 Å². The van der Waals surface area contributed by atoms with Crippen LogP contribution in [0.3, 0.4) is 0 Å². The Kier molecular flexibility index (Phi) is 4.06. The summed E-state index contributed by atoms with van der Waals surface area (Å²) >= 11 is 1.31. The third-order valence-electron chi connectivity index (χ3n) is 2.34. The maximum absolute atomic E-state index is 13.2. The fourth-order valence-corrected chi connectivity index (χ4v) is 2.38. The van der Waals surface area contributed by atoms with Crippen molar-refractivity contribution >= 4 is 23.4 Å². The number of thioether (sulfide) groups is 1. The van der Waals surface area contributed by atoms with Crippen molar-refractivity contribution in [2.75, 3.05) is 18.6 Å². The van der Waals surface area contributed by atoms with Gasteiger partial charge in [0.1, 0.15) is 23.2 Å². The summed E-state index contributed by atoms with van der Waals surface area (Å²) in [6.45, 7) is 0. The van der Waals surface area contributed by atoms with E-state index in [1.807, 2.05) is 0 Å². The Balaban J connectivity index is 2.16. The summed E-state index contributed by atoms with van der Waals surface area (Å²) in [6.07, 6.45) is 0. The molecule has 1 heterocycles. The van der Waals surface area contributed by atoms with Crippen LogP contribution in [0.2, 0.25) is 0 Å². The summed E-state index contributed by atoms with van der Waals surface area (Å²) in [7, 11) is 1.54. The van der Waals surface area contributed by atoms with Crippen LogP contribution in [-0.2, 0) is 5.75 Å². The number of hydrogen-bond donors (Lipinski definition) is 2. The first-order valence-electron chi connectivity index (χ1n) is 5.43. The molecule has 1 aromatic heterocycles. The molecular weight excluding hydrogens is 267 g/mol. The predicted molar refractivity (Wildman–Crippen MR) is 73.4 cm³/mol. The number of ether oxygens (including phenoxy) is 1. The normalized spacial score (nSPS) is 10.4. The molecule has 0 amide bonds. The highest BCUT2D eigenvalue weighted by molar-refractivity contribution is 7.98. The summed E-state index contributed by atoms with van der Waals surface area (Å²) in [4.78, 5) is 8.08. The molecule has 0 atom stereocenters. The van der Waals surface area contributed by atoms with Crippen LogP contribution in [0.5, 0.6) is 5.75 Å². The van der Waals surface area contributed by atoms with E-state index in [1.165, 1.54) is 37.1 Å². The minimum Gasteiger partial charge on any atom is -0.496 e. The molecule has 0 unspecified atom stereocenters. The van der Waals surface area contributed by atoms with E-state index < -0.39 is 0 Å².